The molecule has 1 N–H and O–H groups in total. The quantitative estimate of drug-likeness (QED) is 0.762. The van der Waals surface area contributed by atoms with Gasteiger partial charge in [-0.15, -0.1) is 10.2 Å². The monoisotopic (exact) mass is 254 g/mol. The number of para-hydroxylation sites is 1. The summed E-state index contributed by atoms with van der Waals surface area (Å²) in [5.41, 5.74) is 0.650. The molecule has 0 aliphatic rings. The van der Waals surface area contributed by atoms with Crippen molar-refractivity contribution in [2.24, 2.45) is 0 Å². The van der Waals surface area contributed by atoms with Gasteiger partial charge in [-0.05, 0) is 24.3 Å². The first-order valence-electron chi connectivity index (χ1n) is 5.66. The second-order valence-corrected chi connectivity index (χ2v) is 3.78. The van der Waals surface area contributed by atoms with E-state index in [4.69, 9.17) is 4.74 Å². The van der Waals surface area contributed by atoms with Gasteiger partial charge in [0, 0.05) is 6.20 Å². The molecule has 3 aromatic rings. The summed E-state index contributed by atoms with van der Waals surface area (Å²) in [4.78, 5) is 11.7. The first-order chi connectivity index (χ1) is 9.33. The van der Waals surface area contributed by atoms with E-state index in [9.17, 15) is 4.79 Å². The molecule has 2 aromatic heterocycles. The lowest BCUT2D eigenvalue weighted by molar-refractivity contribution is 0.215. The van der Waals surface area contributed by atoms with Gasteiger partial charge in [-0.2, -0.15) is 0 Å². The van der Waals surface area contributed by atoms with Crippen LogP contribution >= 0.6 is 0 Å². The number of fused-ring (bicyclic) bond motifs is 1. The molecule has 6 nitrogen and oxygen atoms in total. The van der Waals surface area contributed by atoms with Crippen molar-refractivity contribution in [2.45, 2.75) is 0 Å². The third-order valence-corrected chi connectivity index (χ3v) is 2.48. The summed E-state index contributed by atoms with van der Waals surface area (Å²) in [6, 6.07) is 14.3. The fourth-order valence-electron chi connectivity index (χ4n) is 1.64. The van der Waals surface area contributed by atoms with Crippen LogP contribution in [0.2, 0.25) is 0 Å². The molecule has 94 valence electrons. The van der Waals surface area contributed by atoms with E-state index in [0.29, 0.717) is 17.3 Å². The molecule has 0 bridgehead atoms. The first-order valence-corrected chi connectivity index (χ1v) is 5.66. The Bertz CT molecular complexity index is 709. The van der Waals surface area contributed by atoms with E-state index in [1.54, 1.807) is 40.9 Å². The lowest BCUT2D eigenvalue weighted by Gasteiger charge is -2.04. The SMILES string of the molecule is O=C(Nc1nnc2ccccn12)Oc1ccccc1. The van der Waals surface area contributed by atoms with Gasteiger partial charge in [0.2, 0.25) is 5.95 Å². The zero-order valence-corrected chi connectivity index (χ0v) is 9.85. The minimum atomic E-state index is -0.607. The highest BCUT2D eigenvalue weighted by Crippen LogP contribution is 2.11. The van der Waals surface area contributed by atoms with Crippen molar-refractivity contribution in [1.29, 1.82) is 0 Å². The van der Waals surface area contributed by atoms with Crippen LogP contribution in [0.15, 0.2) is 54.7 Å². The Morgan fingerprint density at radius 3 is 2.68 bits per heavy atom. The molecule has 1 aromatic carbocycles. The molecular weight excluding hydrogens is 244 g/mol. The number of nitrogens with one attached hydrogen (secondary N) is 1. The van der Waals surface area contributed by atoms with E-state index < -0.39 is 6.09 Å². The second-order valence-electron chi connectivity index (χ2n) is 3.78. The maximum atomic E-state index is 11.7. The fourth-order valence-corrected chi connectivity index (χ4v) is 1.64. The van der Waals surface area contributed by atoms with E-state index in [1.165, 1.54) is 0 Å². The van der Waals surface area contributed by atoms with Crippen molar-refractivity contribution in [2.75, 3.05) is 5.32 Å². The number of benzene rings is 1. The number of anilines is 1. The lowest BCUT2D eigenvalue weighted by atomic mass is 10.3. The van der Waals surface area contributed by atoms with Crippen LogP contribution in [0.3, 0.4) is 0 Å². The molecule has 3 rings (SSSR count). The summed E-state index contributed by atoms with van der Waals surface area (Å²) < 4.78 is 6.76. The Balaban J connectivity index is 1.76. The molecule has 0 aliphatic heterocycles. The average Bonchev–Trinajstić information content (AvgIpc) is 2.83. The van der Waals surface area contributed by atoms with Gasteiger partial charge in [0.25, 0.3) is 0 Å². The van der Waals surface area contributed by atoms with Crippen molar-refractivity contribution < 1.29 is 9.53 Å². The van der Waals surface area contributed by atoms with Crippen LogP contribution in [0.25, 0.3) is 5.65 Å². The second kappa shape index (κ2) is 4.77. The molecule has 0 aliphatic carbocycles. The number of hydrogen-bond acceptors (Lipinski definition) is 4. The van der Waals surface area contributed by atoms with Gasteiger partial charge in [0.15, 0.2) is 5.65 Å². The van der Waals surface area contributed by atoms with Crippen LogP contribution in [0, 0.1) is 0 Å². The molecule has 2 heterocycles. The number of hydrogen-bond donors (Lipinski definition) is 1. The molecule has 0 atom stereocenters. The summed E-state index contributed by atoms with van der Waals surface area (Å²) in [6.45, 7) is 0. The minimum Gasteiger partial charge on any atom is -0.410 e. The minimum absolute atomic E-state index is 0.316. The van der Waals surface area contributed by atoms with Gasteiger partial charge in [0.1, 0.15) is 5.75 Å². The predicted molar refractivity (Wildman–Crippen MR) is 69.1 cm³/mol. The molecule has 0 saturated carbocycles. The number of carbonyl (C=O) groups excluding carboxylic acids is 1. The largest absolute Gasteiger partial charge is 0.419 e. The standard InChI is InChI=1S/C13H10N4O2/c18-13(19-10-6-2-1-3-7-10)14-12-16-15-11-8-4-5-9-17(11)12/h1-9H,(H,14,16,18). The van der Waals surface area contributed by atoms with Crippen molar-refractivity contribution >= 4 is 17.7 Å². The number of rotatable bonds is 2. The van der Waals surface area contributed by atoms with Crippen LogP contribution in [0.4, 0.5) is 10.7 Å². The average molecular weight is 254 g/mol. The highest BCUT2D eigenvalue weighted by atomic mass is 16.6. The van der Waals surface area contributed by atoms with Gasteiger partial charge in [0.05, 0.1) is 0 Å². The third-order valence-electron chi connectivity index (χ3n) is 2.48. The number of ether oxygens (including phenoxy) is 1. The molecule has 6 heteroatoms. The number of carbonyl (C=O) groups is 1. The Labute approximate surface area is 108 Å². The Kier molecular flexibility index (Phi) is 2.82. The molecular formula is C13H10N4O2. The van der Waals surface area contributed by atoms with Crippen LogP contribution in [0.1, 0.15) is 0 Å². The summed E-state index contributed by atoms with van der Waals surface area (Å²) in [5.74, 6) is 0.783. The molecule has 0 radical (unpaired) electrons. The van der Waals surface area contributed by atoms with Gasteiger partial charge < -0.3 is 4.74 Å². The summed E-state index contributed by atoms with van der Waals surface area (Å²) in [7, 11) is 0. The van der Waals surface area contributed by atoms with Crippen molar-refractivity contribution in [1.82, 2.24) is 14.6 Å². The van der Waals surface area contributed by atoms with Crippen molar-refractivity contribution in [3.05, 3.63) is 54.7 Å². The molecule has 0 spiro atoms. The predicted octanol–water partition coefficient (Wildman–Crippen LogP) is 2.34. The summed E-state index contributed by atoms with van der Waals surface area (Å²) >= 11 is 0. The maximum Gasteiger partial charge on any atom is 0.419 e. The summed E-state index contributed by atoms with van der Waals surface area (Å²) in [6.07, 6.45) is 1.15. The summed E-state index contributed by atoms with van der Waals surface area (Å²) in [5, 5.41) is 10.3. The van der Waals surface area contributed by atoms with Crippen LogP contribution in [0.5, 0.6) is 5.75 Å². The molecule has 0 fully saturated rings. The maximum absolute atomic E-state index is 11.7. The normalized spacial score (nSPS) is 10.3. The van der Waals surface area contributed by atoms with Crippen LogP contribution in [-0.2, 0) is 0 Å². The van der Waals surface area contributed by atoms with E-state index in [-0.39, 0.29) is 0 Å². The van der Waals surface area contributed by atoms with Gasteiger partial charge in [-0.25, -0.2) is 4.79 Å². The van der Waals surface area contributed by atoms with Crippen molar-refractivity contribution in [3.8, 4) is 5.75 Å². The lowest BCUT2D eigenvalue weighted by Crippen LogP contribution is -2.18. The van der Waals surface area contributed by atoms with Gasteiger partial charge in [-0.1, -0.05) is 24.3 Å². The molecule has 0 unspecified atom stereocenters. The van der Waals surface area contributed by atoms with E-state index in [2.05, 4.69) is 15.5 Å². The van der Waals surface area contributed by atoms with Crippen LogP contribution < -0.4 is 10.1 Å². The number of amides is 1. The number of aromatic nitrogens is 3. The fraction of sp³-hybridized carbons (Fsp3) is 0. The van der Waals surface area contributed by atoms with Crippen LogP contribution in [-0.4, -0.2) is 20.7 Å². The molecule has 0 saturated heterocycles. The van der Waals surface area contributed by atoms with Crippen molar-refractivity contribution in [3.63, 3.8) is 0 Å². The van der Waals surface area contributed by atoms with Gasteiger partial charge >= 0.3 is 6.09 Å². The van der Waals surface area contributed by atoms with E-state index in [1.807, 2.05) is 18.2 Å². The smallest absolute Gasteiger partial charge is 0.410 e. The third kappa shape index (κ3) is 2.37. The first kappa shape index (κ1) is 11.2. The Morgan fingerprint density at radius 2 is 1.84 bits per heavy atom. The number of nitrogens with zero attached hydrogens (tertiary/aromatic N) is 3. The topological polar surface area (TPSA) is 68.5 Å². The zero-order valence-electron chi connectivity index (χ0n) is 9.85. The molecule has 19 heavy (non-hydrogen) atoms. The highest BCUT2D eigenvalue weighted by Gasteiger charge is 2.10. The van der Waals surface area contributed by atoms with Gasteiger partial charge in [-0.3, -0.25) is 9.72 Å². The number of pyridine rings is 1. The molecule has 1 amide bonds. The Hall–Kier alpha value is -2.89. The van der Waals surface area contributed by atoms with E-state index >= 15 is 0 Å². The highest BCUT2D eigenvalue weighted by molar-refractivity contribution is 5.84. The zero-order chi connectivity index (χ0) is 13.1. The van der Waals surface area contributed by atoms with E-state index in [0.717, 1.165) is 0 Å². The Morgan fingerprint density at radius 1 is 1.05 bits per heavy atom.